The van der Waals surface area contributed by atoms with Crippen LogP contribution in [0.3, 0.4) is 0 Å². The van der Waals surface area contributed by atoms with Gasteiger partial charge in [-0.05, 0) is 37.1 Å². The van der Waals surface area contributed by atoms with E-state index in [0.29, 0.717) is 6.42 Å². The highest BCUT2D eigenvalue weighted by atomic mass is 32.2. The molecule has 1 unspecified atom stereocenters. The summed E-state index contributed by atoms with van der Waals surface area (Å²) in [7, 11) is -4.85. The molecule has 1 amide bonds. The van der Waals surface area contributed by atoms with Crippen LogP contribution in [-0.4, -0.2) is 26.1 Å². The number of nitrogens with one attached hydrogen (secondary N) is 1. The molecule has 1 N–H and O–H groups in total. The molecule has 0 aliphatic heterocycles. The lowest BCUT2D eigenvalue weighted by Crippen LogP contribution is -2.35. The van der Waals surface area contributed by atoms with Gasteiger partial charge < -0.3 is 9.73 Å². The van der Waals surface area contributed by atoms with Crippen LogP contribution in [0.5, 0.6) is 0 Å². The van der Waals surface area contributed by atoms with Gasteiger partial charge in [-0.2, -0.15) is 8.78 Å². The van der Waals surface area contributed by atoms with Gasteiger partial charge in [0.05, 0.1) is 23.0 Å². The van der Waals surface area contributed by atoms with Crippen molar-refractivity contribution in [2.75, 3.05) is 0 Å². The molecule has 5 nitrogen and oxygen atoms in total. The largest absolute Gasteiger partial charge is 0.472 e. The first kappa shape index (κ1) is 17.1. The summed E-state index contributed by atoms with van der Waals surface area (Å²) in [6, 6.07) is 6.31. The highest BCUT2D eigenvalue weighted by molar-refractivity contribution is 7.91. The molecule has 8 heteroatoms. The molecule has 0 saturated heterocycles. The quantitative estimate of drug-likeness (QED) is 0.875. The normalized spacial score (nSPS) is 13.0. The molecule has 0 fully saturated rings. The van der Waals surface area contributed by atoms with E-state index in [0.717, 1.165) is 11.6 Å². The number of halogens is 2. The lowest BCUT2D eigenvalue weighted by Gasteiger charge is -2.15. The zero-order chi connectivity index (χ0) is 17.0. The molecule has 0 aliphatic carbocycles. The fraction of sp³-hybridized carbons (Fsp3) is 0.267. The standard InChI is InChI=1S/C15H15F2NO4S/c1-10(8-11-6-7-22-9-11)18-14(19)12-4-2-3-5-13(12)23(20,21)15(16)17/h2-7,9-10,15H,8H2,1H3,(H,18,19). The second kappa shape index (κ2) is 6.91. The van der Waals surface area contributed by atoms with Crippen molar-refractivity contribution in [1.29, 1.82) is 0 Å². The van der Waals surface area contributed by atoms with Gasteiger partial charge in [0, 0.05) is 6.04 Å². The first-order chi connectivity index (χ1) is 10.8. The summed E-state index contributed by atoms with van der Waals surface area (Å²) < 4.78 is 53.7. The SMILES string of the molecule is CC(Cc1ccoc1)NC(=O)c1ccccc1S(=O)(=O)C(F)F. The molecule has 0 saturated carbocycles. The Labute approximate surface area is 132 Å². The summed E-state index contributed by atoms with van der Waals surface area (Å²) >= 11 is 0. The van der Waals surface area contributed by atoms with E-state index >= 15 is 0 Å². The number of carbonyl (C=O) groups excluding carboxylic acids is 1. The van der Waals surface area contributed by atoms with Gasteiger partial charge in [-0.25, -0.2) is 8.42 Å². The molecule has 0 spiro atoms. The van der Waals surface area contributed by atoms with Crippen LogP contribution in [0.1, 0.15) is 22.8 Å². The fourth-order valence-electron chi connectivity index (χ4n) is 2.11. The van der Waals surface area contributed by atoms with Gasteiger partial charge in [0.1, 0.15) is 0 Å². The second-order valence-electron chi connectivity index (χ2n) is 5.01. The fourth-order valence-corrected chi connectivity index (χ4v) is 3.04. The number of benzene rings is 1. The van der Waals surface area contributed by atoms with E-state index in [1.165, 1.54) is 30.7 Å². The van der Waals surface area contributed by atoms with E-state index in [1.54, 1.807) is 13.0 Å². The van der Waals surface area contributed by atoms with E-state index in [2.05, 4.69) is 5.32 Å². The highest BCUT2D eigenvalue weighted by Gasteiger charge is 2.31. The summed E-state index contributed by atoms with van der Waals surface area (Å²) in [6.07, 6.45) is 3.48. The number of alkyl halides is 2. The maximum Gasteiger partial charge on any atom is 0.341 e. The van der Waals surface area contributed by atoms with Crippen molar-refractivity contribution < 1.29 is 26.4 Å². The van der Waals surface area contributed by atoms with E-state index in [-0.39, 0.29) is 11.6 Å². The average Bonchev–Trinajstić information content (AvgIpc) is 2.99. The number of hydrogen-bond donors (Lipinski definition) is 1. The third kappa shape index (κ3) is 3.95. The first-order valence-electron chi connectivity index (χ1n) is 6.75. The Kier molecular flexibility index (Phi) is 5.15. The highest BCUT2D eigenvalue weighted by Crippen LogP contribution is 2.22. The Hall–Kier alpha value is -2.22. The minimum Gasteiger partial charge on any atom is -0.472 e. The Balaban J connectivity index is 2.20. The van der Waals surface area contributed by atoms with Crippen LogP contribution < -0.4 is 5.32 Å². The van der Waals surface area contributed by atoms with E-state index in [4.69, 9.17) is 4.42 Å². The summed E-state index contributed by atoms with van der Waals surface area (Å²) in [5.41, 5.74) is 0.554. The monoisotopic (exact) mass is 343 g/mol. The lowest BCUT2D eigenvalue weighted by atomic mass is 10.1. The van der Waals surface area contributed by atoms with Crippen molar-refractivity contribution in [1.82, 2.24) is 5.32 Å². The molecule has 0 aliphatic rings. The van der Waals surface area contributed by atoms with Gasteiger partial charge in [-0.3, -0.25) is 4.79 Å². The van der Waals surface area contributed by atoms with Crippen molar-refractivity contribution in [2.24, 2.45) is 0 Å². The van der Waals surface area contributed by atoms with Crippen LogP contribution >= 0.6 is 0 Å². The van der Waals surface area contributed by atoms with Gasteiger partial charge in [-0.1, -0.05) is 12.1 Å². The Bertz CT molecular complexity index is 773. The van der Waals surface area contributed by atoms with Gasteiger partial charge in [-0.15, -0.1) is 0 Å². The van der Waals surface area contributed by atoms with Crippen LogP contribution in [0.15, 0.2) is 52.2 Å². The minimum atomic E-state index is -4.85. The maximum atomic E-state index is 12.7. The molecule has 0 radical (unpaired) electrons. The van der Waals surface area contributed by atoms with Gasteiger partial charge in [0.2, 0.25) is 9.84 Å². The summed E-state index contributed by atoms with van der Waals surface area (Å²) in [4.78, 5) is 11.6. The van der Waals surface area contributed by atoms with Crippen molar-refractivity contribution in [3.8, 4) is 0 Å². The number of hydrogen-bond acceptors (Lipinski definition) is 4. The minimum absolute atomic E-state index is 0.299. The van der Waals surface area contributed by atoms with Crippen LogP contribution in [-0.2, 0) is 16.3 Å². The predicted octanol–water partition coefficient (Wildman–Crippen LogP) is 2.64. The third-order valence-electron chi connectivity index (χ3n) is 3.17. The number of sulfone groups is 1. The van der Waals surface area contributed by atoms with Crippen molar-refractivity contribution >= 4 is 15.7 Å². The van der Waals surface area contributed by atoms with Crippen molar-refractivity contribution in [3.05, 3.63) is 54.0 Å². The molecular weight excluding hydrogens is 328 g/mol. The zero-order valence-electron chi connectivity index (χ0n) is 12.2. The Morgan fingerprint density at radius 3 is 2.57 bits per heavy atom. The predicted molar refractivity (Wildman–Crippen MR) is 79.0 cm³/mol. The van der Waals surface area contributed by atoms with Crippen molar-refractivity contribution in [3.63, 3.8) is 0 Å². The number of rotatable bonds is 6. The number of carbonyl (C=O) groups is 1. The summed E-state index contributed by atoms with van der Waals surface area (Å²) in [6.45, 7) is 1.72. The summed E-state index contributed by atoms with van der Waals surface area (Å²) in [5.74, 6) is -4.30. The lowest BCUT2D eigenvalue weighted by molar-refractivity contribution is 0.0936. The zero-order valence-corrected chi connectivity index (χ0v) is 13.0. The Morgan fingerprint density at radius 1 is 1.26 bits per heavy atom. The topological polar surface area (TPSA) is 76.4 Å². The molecule has 124 valence electrons. The Morgan fingerprint density at radius 2 is 1.96 bits per heavy atom. The molecule has 1 aromatic heterocycles. The smallest absolute Gasteiger partial charge is 0.341 e. The molecule has 1 atom stereocenters. The molecular formula is C15H15F2NO4S. The molecule has 23 heavy (non-hydrogen) atoms. The van der Waals surface area contributed by atoms with Crippen molar-refractivity contribution in [2.45, 2.75) is 30.0 Å². The van der Waals surface area contributed by atoms with E-state index in [9.17, 15) is 22.0 Å². The van der Waals surface area contributed by atoms with E-state index < -0.39 is 26.4 Å². The molecule has 1 aromatic carbocycles. The van der Waals surface area contributed by atoms with Crippen LogP contribution in [0.25, 0.3) is 0 Å². The molecule has 2 rings (SSSR count). The number of amides is 1. The molecule has 2 aromatic rings. The molecule has 0 bridgehead atoms. The second-order valence-corrected chi connectivity index (χ2v) is 6.90. The van der Waals surface area contributed by atoms with Gasteiger partial charge >= 0.3 is 5.76 Å². The number of furan rings is 1. The van der Waals surface area contributed by atoms with Crippen LogP contribution in [0.4, 0.5) is 8.78 Å². The average molecular weight is 343 g/mol. The van der Waals surface area contributed by atoms with Gasteiger partial charge in [0.15, 0.2) is 0 Å². The van der Waals surface area contributed by atoms with Crippen LogP contribution in [0.2, 0.25) is 0 Å². The van der Waals surface area contributed by atoms with Gasteiger partial charge in [0.25, 0.3) is 5.91 Å². The van der Waals surface area contributed by atoms with Crippen LogP contribution in [0, 0.1) is 0 Å². The van der Waals surface area contributed by atoms with E-state index in [1.807, 2.05) is 0 Å². The summed E-state index contributed by atoms with van der Waals surface area (Å²) in [5, 5.41) is 2.60. The third-order valence-corrected chi connectivity index (χ3v) is 4.61. The molecule has 1 heterocycles. The maximum absolute atomic E-state index is 12.7. The first-order valence-corrected chi connectivity index (χ1v) is 8.30.